The zero-order valence-electron chi connectivity index (χ0n) is 11.9. The Morgan fingerprint density at radius 3 is 2.39 bits per heavy atom. The van der Waals surface area contributed by atoms with E-state index in [1.807, 2.05) is 32.1 Å². The minimum absolute atomic E-state index is 0.214. The average molecular weight is 249 g/mol. The Balaban J connectivity index is 2.27. The van der Waals surface area contributed by atoms with Gasteiger partial charge < -0.3 is 5.32 Å². The van der Waals surface area contributed by atoms with Gasteiger partial charge in [-0.2, -0.15) is 0 Å². The average Bonchev–Trinajstić information content (AvgIpc) is 2.63. The molecule has 2 heteroatoms. The van der Waals surface area contributed by atoms with Gasteiger partial charge in [0.25, 0.3) is 0 Å². The third-order valence-corrected chi connectivity index (χ3v) is 3.69. The third-order valence-electron chi connectivity index (χ3n) is 3.69. The van der Waals surface area contributed by atoms with Gasteiger partial charge >= 0.3 is 0 Å². The molecule has 0 unspecified atom stereocenters. The van der Waals surface area contributed by atoms with Crippen LogP contribution in [0.25, 0.3) is 0 Å². The standard InChI is InChI=1S/C16H27NO/c1-3-9-14(4-2)13-17-16(18)12-15-10-7-5-6-8-11-15/h3-4,9,15H,5-8,10-13H2,1-2H3,(H,17,18)/b9-3-,14-4+. The van der Waals surface area contributed by atoms with Crippen molar-refractivity contribution in [2.24, 2.45) is 5.92 Å². The van der Waals surface area contributed by atoms with E-state index in [0.29, 0.717) is 18.9 Å². The van der Waals surface area contributed by atoms with Crippen LogP contribution in [0.1, 0.15) is 58.8 Å². The molecule has 1 amide bonds. The summed E-state index contributed by atoms with van der Waals surface area (Å²) in [5.74, 6) is 0.828. The van der Waals surface area contributed by atoms with Gasteiger partial charge in [-0.1, -0.05) is 43.9 Å². The topological polar surface area (TPSA) is 29.1 Å². The number of hydrogen-bond donors (Lipinski definition) is 1. The summed E-state index contributed by atoms with van der Waals surface area (Å²) in [4.78, 5) is 11.9. The largest absolute Gasteiger partial charge is 0.352 e. The van der Waals surface area contributed by atoms with Crippen molar-refractivity contribution in [3.8, 4) is 0 Å². The molecule has 1 rings (SSSR count). The van der Waals surface area contributed by atoms with Crippen LogP contribution in [0.2, 0.25) is 0 Å². The molecular formula is C16H27NO. The molecule has 1 aliphatic carbocycles. The number of rotatable bonds is 5. The second-order valence-corrected chi connectivity index (χ2v) is 5.20. The molecule has 0 bridgehead atoms. The highest BCUT2D eigenvalue weighted by Gasteiger charge is 2.15. The second-order valence-electron chi connectivity index (χ2n) is 5.20. The Hall–Kier alpha value is -1.05. The fourth-order valence-electron chi connectivity index (χ4n) is 2.57. The Morgan fingerprint density at radius 1 is 1.17 bits per heavy atom. The molecule has 0 heterocycles. The molecule has 2 nitrogen and oxygen atoms in total. The Morgan fingerprint density at radius 2 is 1.83 bits per heavy atom. The van der Waals surface area contributed by atoms with E-state index in [0.717, 1.165) is 0 Å². The molecule has 102 valence electrons. The number of nitrogens with one attached hydrogen (secondary N) is 1. The highest BCUT2D eigenvalue weighted by Crippen LogP contribution is 2.25. The van der Waals surface area contributed by atoms with Crippen molar-refractivity contribution in [2.45, 2.75) is 58.8 Å². The van der Waals surface area contributed by atoms with Crippen molar-refractivity contribution in [2.75, 3.05) is 6.54 Å². The van der Waals surface area contributed by atoms with Crippen LogP contribution in [-0.4, -0.2) is 12.5 Å². The summed E-state index contributed by atoms with van der Waals surface area (Å²) in [5.41, 5.74) is 1.17. The molecule has 0 aromatic heterocycles. The first-order chi connectivity index (χ1) is 8.76. The van der Waals surface area contributed by atoms with E-state index in [-0.39, 0.29) is 5.91 Å². The first kappa shape index (κ1) is 15.0. The highest BCUT2D eigenvalue weighted by molar-refractivity contribution is 5.76. The van der Waals surface area contributed by atoms with Crippen molar-refractivity contribution in [1.82, 2.24) is 5.32 Å². The lowest BCUT2D eigenvalue weighted by Gasteiger charge is -2.13. The molecule has 0 aliphatic heterocycles. The van der Waals surface area contributed by atoms with Crippen LogP contribution >= 0.6 is 0 Å². The van der Waals surface area contributed by atoms with E-state index in [1.165, 1.54) is 44.1 Å². The Bertz CT molecular complexity index is 296. The summed E-state index contributed by atoms with van der Waals surface area (Å²) >= 11 is 0. The van der Waals surface area contributed by atoms with Gasteiger partial charge in [0.1, 0.15) is 0 Å². The Labute approximate surface area is 112 Å². The van der Waals surface area contributed by atoms with Gasteiger partial charge in [-0.15, -0.1) is 0 Å². The minimum Gasteiger partial charge on any atom is -0.352 e. The molecule has 1 aliphatic rings. The molecule has 0 spiro atoms. The van der Waals surface area contributed by atoms with Crippen molar-refractivity contribution in [3.05, 3.63) is 23.8 Å². The zero-order valence-corrected chi connectivity index (χ0v) is 11.9. The first-order valence-electron chi connectivity index (χ1n) is 7.30. The quantitative estimate of drug-likeness (QED) is 0.579. The number of allylic oxidation sites excluding steroid dienone is 2. The number of carbonyl (C=O) groups is 1. The normalized spacial score (nSPS) is 18.9. The van der Waals surface area contributed by atoms with Gasteiger partial charge in [0.15, 0.2) is 0 Å². The number of hydrogen-bond acceptors (Lipinski definition) is 1. The predicted molar refractivity (Wildman–Crippen MR) is 77.4 cm³/mol. The van der Waals surface area contributed by atoms with Crippen molar-refractivity contribution in [3.63, 3.8) is 0 Å². The maximum absolute atomic E-state index is 11.9. The lowest BCUT2D eigenvalue weighted by atomic mass is 9.96. The van der Waals surface area contributed by atoms with E-state index in [2.05, 4.69) is 5.32 Å². The van der Waals surface area contributed by atoms with Gasteiger partial charge in [-0.05, 0) is 38.2 Å². The summed E-state index contributed by atoms with van der Waals surface area (Å²) in [6, 6.07) is 0. The molecule has 1 fully saturated rings. The monoisotopic (exact) mass is 249 g/mol. The van der Waals surface area contributed by atoms with Gasteiger partial charge in [-0.3, -0.25) is 4.79 Å². The maximum Gasteiger partial charge on any atom is 0.220 e. The second kappa shape index (κ2) is 8.96. The first-order valence-corrected chi connectivity index (χ1v) is 7.30. The molecule has 0 aromatic rings. The molecule has 0 atom stereocenters. The molecule has 0 saturated heterocycles. The fourth-order valence-corrected chi connectivity index (χ4v) is 2.57. The summed E-state index contributed by atoms with van der Waals surface area (Å²) < 4.78 is 0. The van der Waals surface area contributed by atoms with Crippen molar-refractivity contribution in [1.29, 1.82) is 0 Å². The van der Waals surface area contributed by atoms with Crippen LogP contribution in [0.15, 0.2) is 23.8 Å². The lowest BCUT2D eigenvalue weighted by Crippen LogP contribution is -2.27. The number of amides is 1. The van der Waals surface area contributed by atoms with E-state index in [4.69, 9.17) is 0 Å². The smallest absolute Gasteiger partial charge is 0.220 e. The summed E-state index contributed by atoms with van der Waals surface area (Å²) in [7, 11) is 0. The van der Waals surface area contributed by atoms with E-state index >= 15 is 0 Å². The van der Waals surface area contributed by atoms with E-state index < -0.39 is 0 Å². The SMILES string of the molecule is C/C=C\C(=C/C)CNC(=O)CC1CCCCCC1. The molecule has 18 heavy (non-hydrogen) atoms. The van der Waals surface area contributed by atoms with Gasteiger partial charge in [0.2, 0.25) is 5.91 Å². The summed E-state index contributed by atoms with van der Waals surface area (Å²) in [6.45, 7) is 4.66. The zero-order chi connectivity index (χ0) is 13.2. The van der Waals surface area contributed by atoms with Crippen molar-refractivity contribution >= 4 is 5.91 Å². The van der Waals surface area contributed by atoms with Crippen molar-refractivity contribution < 1.29 is 4.79 Å². The predicted octanol–water partition coefficient (Wildman–Crippen LogP) is 3.99. The van der Waals surface area contributed by atoms with Crippen LogP contribution in [-0.2, 0) is 4.79 Å². The molecule has 1 saturated carbocycles. The van der Waals surface area contributed by atoms with Gasteiger partial charge in [0.05, 0.1) is 0 Å². The van der Waals surface area contributed by atoms with E-state index in [9.17, 15) is 4.79 Å². The molecular weight excluding hydrogens is 222 g/mol. The van der Waals surface area contributed by atoms with Crippen LogP contribution in [0.3, 0.4) is 0 Å². The van der Waals surface area contributed by atoms with E-state index in [1.54, 1.807) is 0 Å². The molecule has 0 radical (unpaired) electrons. The molecule has 0 aromatic carbocycles. The summed E-state index contributed by atoms with van der Waals surface area (Å²) in [5, 5.41) is 3.03. The highest BCUT2D eigenvalue weighted by atomic mass is 16.1. The van der Waals surface area contributed by atoms with Crippen LogP contribution < -0.4 is 5.32 Å². The maximum atomic E-state index is 11.9. The lowest BCUT2D eigenvalue weighted by molar-refractivity contribution is -0.121. The summed E-state index contributed by atoms with van der Waals surface area (Å²) in [6.07, 6.45) is 14.6. The van der Waals surface area contributed by atoms with Crippen LogP contribution in [0, 0.1) is 5.92 Å². The Kier molecular flexibility index (Phi) is 7.47. The third kappa shape index (κ3) is 6.04. The van der Waals surface area contributed by atoms with Crippen LogP contribution in [0.4, 0.5) is 0 Å². The van der Waals surface area contributed by atoms with Gasteiger partial charge in [0, 0.05) is 13.0 Å². The fraction of sp³-hybridized carbons (Fsp3) is 0.688. The van der Waals surface area contributed by atoms with Crippen LogP contribution in [0.5, 0.6) is 0 Å². The minimum atomic E-state index is 0.214. The molecule has 1 N–H and O–H groups in total. The van der Waals surface area contributed by atoms with Gasteiger partial charge in [-0.25, -0.2) is 0 Å². The number of carbonyl (C=O) groups excluding carboxylic acids is 1.